The molecule has 3 aliphatic rings. The summed E-state index contributed by atoms with van der Waals surface area (Å²) in [6.07, 6.45) is -1.93. The van der Waals surface area contributed by atoms with Crippen LogP contribution in [0.2, 0.25) is 0 Å². The molecule has 0 amide bonds. The third-order valence-electron chi connectivity index (χ3n) is 2.88. The number of hydrogen-bond donors (Lipinski definition) is 1. The molecule has 3 saturated heterocycles. The van der Waals surface area contributed by atoms with Crippen LogP contribution in [-0.2, 0) is 18.9 Å². The third kappa shape index (κ3) is 1.14. The van der Waals surface area contributed by atoms with Crippen LogP contribution in [0, 0.1) is 0 Å². The number of rotatable bonds is 0. The van der Waals surface area contributed by atoms with Crippen molar-refractivity contribution < 1.29 is 24.1 Å². The Kier molecular flexibility index (Phi) is 1.73. The number of fused-ring (bicyclic) bond motifs is 4. The van der Waals surface area contributed by atoms with Crippen LogP contribution in [0.5, 0.6) is 0 Å². The Morgan fingerprint density at radius 1 is 1.21 bits per heavy atom. The van der Waals surface area contributed by atoms with Crippen LogP contribution < -0.4 is 0 Å². The molecule has 5 nitrogen and oxygen atoms in total. The number of hydrogen-bond acceptors (Lipinski definition) is 5. The van der Waals surface area contributed by atoms with E-state index in [1.54, 1.807) is 0 Å². The summed E-state index contributed by atoms with van der Waals surface area (Å²) in [5, 5.41) is 9.84. The zero-order valence-corrected chi connectivity index (χ0v) is 8.17. The Labute approximate surface area is 81.9 Å². The number of aliphatic hydroxyl groups excluding tert-OH is 1. The van der Waals surface area contributed by atoms with Crippen LogP contribution in [0.25, 0.3) is 0 Å². The molecule has 0 radical (unpaired) electrons. The van der Waals surface area contributed by atoms with Crippen molar-refractivity contribution in [2.24, 2.45) is 0 Å². The fourth-order valence-corrected chi connectivity index (χ4v) is 2.32. The van der Waals surface area contributed by atoms with Gasteiger partial charge in [0.15, 0.2) is 12.1 Å². The van der Waals surface area contributed by atoms with Gasteiger partial charge in [0, 0.05) is 0 Å². The van der Waals surface area contributed by atoms with Crippen molar-refractivity contribution in [2.45, 2.75) is 50.3 Å². The predicted molar refractivity (Wildman–Crippen MR) is 44.4 cm³/mol. The van der Waals surface area contributed by atoms with Crippen molar-refractivity contribution in [1.82, 2.24) is 0 Å². The first kappa shape index (κ1) is 9.06. The Morgan fingerprint density at radius 2 is 1.93 bits per heavy atom. The molecule has 3 rings (SSSR count). The van der Waals surface area contributed by atoms with Crippen LogP contribution in [0.4, 0.5) is 0 Å². The number of ether oxygens (including phenoxy) is 4. The van der Waals surface area contributed by atoms with Gasteiger partial charge in [-0.25, -0.2) is 0 Å². The second kappa shape index (κ2) is 2.68. The lowest BCUT2D eigenvalue weighted by Gasteiger charge is -2.31. The monoisotopic (exact) mass is 202 g/mol. The van der Waals surface area contributed by atoms with Crippen molar-refractivity contribution in [3.05, 3.63) is 0 Å². The molecule has 1 N–H and O–H groups in total. The average molecular weight is 202 g/mol. The first-order valence-corrected chi connectivity index (χ1v) is 4.88. The molecular formula is C9H14O5. The molecule has 5 heteroatoms. The fourth-order valence-electron chi connectivity index (χ4n) is 2.32. The van der Waals surface area contributed by atoms with Crippen molar-refractivity contribution >= 4 is 0 Å². The normalized spacial score (nSPS) is 54.6. The molecule has 5 atom stereocenters. The van der Waals surface area contributed by atoms with Crippen molar-refractivity contribution in [3.63, 3.8) is 0 Å². The van der Waals surface area contributed by atoms with E-state index >= 15 is 0 Å². The van der Waals surface area contributed by atoms with Gasteiger partial charge in [-0.3, -0.25) is 0 Å². The summed E-state index contributed by atoms with van der Waals surface area (Å²) in [7, 11) is 0. The van der Waals surface area contributed by atoms with Gasteiger partial charge in [-0.15, -0.1) is 0 Å². The van der Waals surface area contributed by atoms with Gasteiger partial charge in [0.25, 0.3) is 0 Å². The van der Waals surface area contributed by atoms with E-state index in [2.05, 4.69) is 0 Å². The zero-order chi connectivity index (χ0) is 9.92. The van der Waals surface area contributed by atoms with Crippen molar-refractivity contribution in [1.29, 1.82) is 0 Å². The summed E-state index contributed by atoms with van der Waals surface area (Å²) in [5.74, 6) is -0.635. The first-order valence-electron chi connectivity index (χ1n) is 4.88. The Morgan fingerprint density at radius 3 is 2.71 bits per heavy atom. The lowest BCUT2D eigenvalue weighted by molar-refractivity contribution is -0.204. The Hall–Kier alpha value is -0.200. The van der Waals surface area contributed by atoms with Gasteiger partial charge in [0.1, 0.15) is 24.4 Å². The highest BCUT2D eigenvalue weighted by Gasteiger charge is 2.57. The standard InChI is InChI=1S/C9H14O5/c1-9(2)13-6-4-3-11-8(12-4)5(10)7(6)14-9/h4-8,10H,3H2,1-2H3/t4-,5+,6-,7+,8+/m0/s1. The van der Waals surface area contributed by atoms with Gasteiger partial charge in [0.2, 0.25) is 0 Å². The largest absolute Gasteiger partial charge is 0.385 e. The summed E-state index contributed by atoms with van der Waals surface area (Å²) in [4.78, 5) is 0. The van der Waals surface area contributed by atoms with Crippen LogP contribution in [0.3, 0.4) is 0 Å². The molecular weight excluding hydrogens is 188 g/mol. The zero-order valence-electron chi connectivity index (χ0n) is 8.17. The second-order valence-corrected chi connectivity index (χ2v) is 4.43. The Balaban J connectivity index is 1.88. The third-order valence-corrected chi connectivity index (χ3v) is 2.88. The minimum atomic E-state index is -0.750. The SMILES string of the molecule is CC1(C)O[C@@H]2[C@@H](O)[C@@H]3OC[C@H](O3)[C@@H]2O1. The molecule has 0 aliphatic carbocycles. The number of aliphatic hydroxyl groups is 1. The minimum Gasteiger partial charge on any atom is -0.385 e. The molecule has 0 aromatic rings. The summed E-state index contributed by atoms with van der Waals surface area (Å²) >= 11 is 0. The highest BCUT2D eigenvalue weighted by Crippen LogP contribution is 2.40. The molecule has 2 bridgehead atoms. The summed E-state index contributed by atoms with van der Waals surface area (Å²) in [6, 6.07) is 0. The molecule has 3 aliphatic heterocycles. The van der Waals surface area contributed by atoms with E-state index in [1.165, 1.54) is 0 Å². The topological polar surface area (TPSA) is 57.2 Å². The lowest BCUT2D eigenvalue weighted by atomic mass is 10.0. The van der Waals surface area contributed by atoms with E-state index in [0.29, 0.717) is 6.61 Å². The minimum absolute atomic E-state index is 0.102. The van der Waals surface area contributed by atoms with Gasteiger partial charge < -0.3 is 24.1 Å². The molecule has 0 aromatic heterocycles. The van der Waals surface area contributed by atoms with E-state index in [9.17, 15) is 5.11 Å². The van der Waals surface area contributed by atoms with Crippen LogP contribution in [0.15, 0.2) is 0 Å². The fraction of sp³-hybridized carbons (Fsp3) is 1.00. The van der Waals surface area contributed by atoms with Gasteiger partial charge in [-0.1, -0.05) is 0 Å². The predicted octanol–water partition coefficient (Wildman–Crippen LogP) is -0.378. The van der Waals surface area contributed by atoms with Gasteiger partial charge in [-0.05, 0) is 13.8 Å². The summed E-state index contributed by atoms with van der Waals surface area (Å²) < 4.78 is 22.0. The Bertz CT molecular complexity index is 246. The van der Waals surface area contributed by atoms with Crippen molar-refractivity contribution in [2.75, 3.05) is 6.61 Å². The maximum absolute atomic E-state index is 9.84. The van der Waals surface area contributed by atoms with Gasteiger partial charge in [0.05, 0.1) is 6.61 Å². The molecule has 0 aromatic carbocycles. The van der Waals surface area contributed by atoms with Gasteiger partial charge >= 0.3 is 0 Å². The molecule has 3 fully saturated rings. The van der Waals surface area contributed by atoms with Crippen LogP contribution in [0.1, 0.15) is 13.8 Å². The first-order chi connectivity index (χ1) is 6.57. The maximum Gasteiger partial charge on any atom is 0.186 e. The second-order valence-electron chi connectivity index (χ2n) is 4.43. The van der Waals surface area contributed by atoms with Crippen LogP contribution in [-0.4, -0.2) is 48.2 Å². The summed E-state index contributed by atoms with van der Waals surface area (Å²) in [5.41, 5.74) is 0. The molecule has 0 spiro atoms. The van der Waals surface area contributed by atoms with E-state index in [0.717, 1.165) is 0 Å². The average Bonchev–Trinajstić information content (AvgIpc) is 2.64. The van der Waals surface area contributed by atoms with E-state index in [-0.39, 0.29) is 18.3 Å². The quantitative estimate of drug-likeness (QED) is 0.580. The molecule has 0 saturated carbocycles. The van der Waals surface area contributed by atoms with Gasteiger partial charge in [-0.2, -0.15) is 0 Å². The van der Waals surface area contributed by atoms with E-state index in [4.69, 9.17) is 18.9 Å². The highest BCUT2D eigenvalue weighted by molar-refractivity contribution is 4.99. The molecule has 3 heterocycles. The molecule has 80 valence electrons. The van der Waals surface area contributed by atoms with E-state index < -0.39 is 18.2 Å². The maximum atomic E-state index is 9.84. The molecule has 0 unspecified atom stereocenters. The smallest absolute Gasteiger partial charge is 0.186 e. The van der Waals surface area contributed by atoms with E-state index in [1.807, 2.05) is 13.8 Å². The summed E-state index contributed by atoms with van der Waals surface area (Å²) in [6.45, 7) is 4.15. The molecule has 14 heavy (non-hydrogen) atoms. The lowest BCUT2D eigenvalue weighted by Crippen LogP contribution is -2.52. The van der Waals surface area contributed by atoms with Crippen LogP contribution >= 0.6 is 0 Å². The van der Waals surface area contributed by atoms with Crippen molar-refractivity contribution in [3.8, 4) is 0 Å². The highest BCUT2D eigenvalue weighted by atomic mass is 16.8.